The molecule has 1 N–H and O–H groups in total. The van der Waals surface area contributed by atoms with Crippen LogP contribution in [0.1, 0.15) is 54.3 Å². The summed E-state index contributed by atoms with van der Waals surface area (Å²) in [5.74, 6) is 2.21. The van der Waals surface area contributed by atoms with Crippen LogP contribution in [0.5, 0.6) is 5.75 Å². The van der Waals surface area contributed by atoms with E-state index in [-0.39, 0.29) is 23.9 Å². The second kappa shape index (κ2) is 7.23. The molecule has 0 aliphatic carbocycles. The molecule has 0 bridgehead atoms. The van der Waals surface area contributed by atoms with Gasteiger partial charge < -0.3 is 14.6 Å². The number of ether oxygens (including phenoxy) is 1. The van der Waals surface area contributed by atoms with Crippen LogP contribution in [0.15, 0.2) is 28.8 Å². The van der Waals surface area contributed by atoms with Crippen molar-refractivity contribution in [3.8, 4) is 5.75 Å². The molecule has 25 heavy (non-hydrogen) atoms. The van der Waals surface area contributed by atoms with Crippen LogP contribution in [0, 0.1) is 0 Å². The molecule has 0 radical (unpaired) electrons. The highest BCUT2D eigenvalue weighted by molar-refractivity contribution is 5.94. The van der Waals surface area contributed by atoms with Crippen molar-refractivity contribution in [3.63, 3.8) is 0 Å². The Balaban J connectivity index is 1.63. The maximum absolute atomic E-state index is 12.4. The third-order valence-electron chi connectivity index (χ3n) is 4.49. The van der Waals surface area contributed by atoms with Crippen molar-refractivity contribution < 1.29 is 14.1 Å². The van der Waals surface area contributed by atoms with Gasteiger partial charge in [0.05, 0.1) is 13.2 Å². The number of benzene rings is 1. The van der Waals surface area contributed by atoms with E-state index in [1.807, 2.05) is 20.9 Å². The van der Waals surface area contributed by atoms with Gasteiger partial charge in [0.2, 0.25) is 5.89 Å². The zero-order chi connectivity index (χ0) is 18.0. The minimum absolute atomic E-state index is 0.0289. The number of aromatic nitrogens is 2. The second-order valence-electron chi connectivity index (χ2n) is 6.74. The quantitative estimate of drug-likeness (QED) is 0.897. The van der Waals surface area contributed by atoms with E-state index in [9.17, 15) is 4.79 Å². The molecule has 1 aliphatic rings. The van der Waals surface area contributed by atoms with Crippen molar-refractivity contribution in [1.29, 1.82) is 0 Å². The Morgan fingerprint density at radius 2 is 2.08 bits per heavy atom. The Labute approximate surface area is 147 Å². The molecule has 1 aromatic heterocycles. The zero-order valence-corrected chi connectivity index (χ0v) is 15.0. The predicted molar refractivity (Wildman–Crippen MR) is 92.6 cm³/mol. The van der Waals surface area contributed by atoms with Crippen molar-refractivity contribution in [3.05, 3.63) is 41.5 Å². The summed E-state index contributed by atoms with van der Waals surface area (Å²) in [4.78, 5) is 19.0. The minimum Gasteiger partial charge on any atom is -0.497 e. The average Bonchev–Trinajstić information content (AvgIpc) is 3.21. The molecule has 134 valence electrons. The third kappa shape index (κ3) is 3.82. The normalized spacial score (nSPS) is 20.8. The first-order valence-electron chi connectivity index (χ1n) is 8.46. The summed E-state index contributed by atoms with van der Waals surface area (Å²) in [5.41, 5.74) is 0.617. The summed E-state index contributed by atoms with van der Waals surface area (Å²) in [5, 5.41) is 7.11. The number of nitrogens with zero attached hydrogens (tertiary/aromatic N) is 3. The number of rotatable bonds is 5. The summed E-state index contributed by atoms with van der Waals surface area (Å²) in [6, 6.07) is 7.16. The van der Waals surface area contributed by atoms with Crippen molar-refractivity contribution in [2.75, 3.05) is 20.7 Å². The van der Waals surface area contributed by atoms with E-state index in [2.05, 4.69) is 20.4 Å². The number of hydrogen-bond donors (Lipinski definition) is 1. The number of hydrogen-bond acceptors (Lipinski definition) is 6. The number of carbonyl (C=O) groups is 1. The first kappa shape index (κ1) is 17.4. The number of likely N-dealkylation sites (tertiary alicyclic amines) is 1. The van der Waals surface area contributed by atoms with E-state index in [0.717, 1.165) is 18.7 Å². The molecule has 2 atom stereocenters. The predicted octanol–water partition coefficient (Wildman–Crippen LogP) is 2.38. The molecule has 2 unspecified atom stereocenters. The maximum atomic E-state index is 12.4. The summed E-state index contributed by atoms with van der Waals surface area (Å²) in [7, 11) is 3.61. The number of nitrogens with one attached hydrogen (secondary N) is 1. The van der Waals surface area contributed by atoms with Gasteiger partial charge in [-0.25, -0.2) is 0 Å². The standard InChI is InChI=1S/C18H24N4O3/c1-11(2)16-20-18(25-21-16)15-9-13(10-22(15)3)19-17(23)12-5-7-14(24-4)8-6-12/h5-8,11,13,15H,9-10H2,1-4H3,(H,19,23). The van der Waals surface area contributed by atoms with Gasteiger partial charge in [-0.2, -0.15) is 4.98 Å². The summed E-state index contributed by atoms with van der Waals surface area (Å²) < 4.78 is 10.5. The highest BCUT2D eigenvalue weighted by atomic mass is 16.5. The number of amides is 1. The summed E-state index contributed by atoms with van der Waals surface area (Å²) >= 11 is 0. The number of likely N-dealkylation sites (N-methyl/N-ethyl adjacent to an activating group) is 1. The molecular formula is C18H24N4O3. The molecule has 1 fully saturated rings. The third-order valence-corrected chi connectivity index (χ3v) is 4.49. The molecule has 7 nitrogen and oxygen atoms in total. The largest absolute Gasteiger partial charge is 0.497 e. The van der Waals surface area contributed by atoms with Crippen molar-refractivity contribution in [2.24, 2.45) is 0 Å². The zero-order valence-electron chi connectivity index (χ0n) is 15.0. The Morgan fingerprint density at radius 1 is 1.36 bits per heavy atom. The molecule has 1 aliphatic heterocycles. The molecule has 2 aromatic rings. The number of methoxy groups -OCH3 is 1. The van der Waals surface area contributed by atoms with Gasteiger partial charge in [-0.05, 0) is 37.7 Å². The fourth-order valence-corrected chi connectivity index (χ4v) is 3.02. The minimum atomic E-state index is -0.0879. The molecule has 1 aromatic carbocycles. The van der Waals surface area contributed by atoms with Gasteiger partial charge in [0.15, 0.2) is 5.82 Å². The van der Waals surface area contributed by atoms with Crippen LogP contribution in [0.4, 0.5) is 0 Å². The van der Waals surface area contributed by atoms with Crippen molar-refractivity contribution >= 4 is 5.91 Å². The molecule has 0 saturated carbocycles. The van der Waals surface area contributed by atoms with Crippen LogP contribution >= 0.6 is 0 Å². The van der Waals surface area contributed by atoms with Gasteiger partial charge >= 0.3 is 0 Å². The highest BCUT2D eigenvalue weighted by Crippen LogP contribution is 2.30. The van der Waals surface area contributed by atoms with Crippen LogP contribution < -0.4 is 10.1 Å². The molecule has 2 heterocycles. The van der Waals surface area contributed by atoms with E-state index in [1.54, 1.807) is 31.4 Å². The lowest BCUT2D eigenvalue weighted by Gasteiger charge is -2.14. The summed E-state index contributed by atoms with van der Waals surface area (Å²) in [6.07, 6.45) is 0.748. The second-order valence-corrected chi connectivity index (χ2v) is 6.74. The Bertz CT molecular complexity index is 726. The summed E-state index contributed by atoms with van der Waals surface area (Å²) in [6.45, 7) is 4.81. The van der Waals surface area contributed by atoms with E-state index in [1.165, 1.54) is 0 Å². The lowest BCUT2D eigenvalue weighted by Crippen LogP contribution is -2.36. The van der Waals surface area contributed by atoms with Crippen LogP contribution in [0.25, 0.3) is 0 Å². The van der Waals surface area contributed by atoms with E-state index >= 15 is 0 Å². The van der Waals surface area contributed by atoms with Crippen LogP contribution in [0.3, 0.4) is 0 Å². The average molecular weight is 344 g/mol. The lowest BCUT2D eigenvalue weighted by atomic mass is 10.1. The molecule has 1 saturated heterocycles. The Morgan fingerprint density at radius 3 is 2.68 bits per heavy atom. The fraction of sp³-hybridized carbons (Fsp3) is 0.500. The van der Waals surface area contributed by atoms with Gasteiger partial charge in [0.1, 0.15) is 5.75 Å². The van der Waals surface area contributed by atoms with Gasteiger partial charge in [-0.3, -0.25) is 9.69 Å². The smallest absolute Gasteiger partial charge is 0.251 e. The lowest BCUT2D eigenvalue weighted by molar-refractivity contribution is 0.0938. The van der Waals surface area contributed by atoms with Gasteiger partial charge in [0, 0.05) is 24.1 Å². The van der Waals surface area contributed by atoms with Crippen LogP contribution in [-0.2, 0) is 0 Å². The van der Waals surface area contributed by atoms with E-state index < -0.39 is 0 Å². The first-order chi connectivity index (χ1) is 12.0. The molecule has 3 rings (SSSR count). The monoisotopic (exact) mass is 344 g/mol. The molecule has 0 spiro atoms. The topological polar surface area (TPSA) is 80.5 Å². The van der Waals surface area contributed by atoms with Crippen molar-refractivity contribution in [2.45, 2.75) is 38.3 Å². The highest BCUT2D eigenvalue weighted by Gasteiger charge is 2.35. The Kier molecular flexibility index (Phi) is 5.03. The Hall–Kier alpha value is -2.41. The molecule has 7 heteroatoms. The maximum Gasteiger partial charge on any atom is 0.251 e. The van der Waals surface area contributed by atoms with Gasteiger partial charge in [-0.1, -0.05) is 19.0 Å². The fourth-order valence-electron chi connectivity index (χ4n) is 3.02. The van der Waals surface area contributed by atoms with Crippen LogP contribution in [0.2, 0.25) is 0 Å². The van der Waals surface area contributed by atoms with Gasteiger partial charge in [-0.15, -0.1) is 0 Å². The van der Waals surface area contributed by atoms with Crippen molar-refractivity contribution in [1.82, 2.24) is 20.4 Å². The van der Waals surface area contributed by atoms with Crippen LogP contribution in [-0.4, -0.2) is 47.7 Å². The van der Waals surface area contributed by atoms with Gasteiger partial charge in [0.25, 0.3) is 5.91 Å². The molecular weight excluding hydrogens is 320 g/mol. The molecule has 1 amide bonds. The van der Waals surface area contributed by atoms with E-state index in [4.69, 9.17) is 9.26 Å². The number of carbonyl (C=O) groups excluding carboxylic acids is 1. The SMILES string of the molecule is COc1ccc(C(=O)NC2CC(c3nc(C(C)C)no3)N(C)C2)cc1. The first-order valence-corrected chi connectivity index (χ1v) is 8.46. The van der Waals surface area contributed by atoms with E-state index in [0.29, 0.717) is 17.3 Å².